The largest absolute Gasteiger partial charge is 0.435 e. The molecule has 0 aliphatic heterocycles. The van der Waals surface area contributed by atoms with Crippen LogP contribution >= 0.6 is 0 Å². The number of benzene rings is 1. The lowest BCUT2D eigenvalue weighted by atomic mass is 10.1. The summed E-state index contributed by atoms with van der Waals surface area (Å²) in [5.74, 6) is -1.20. The smallest absolute Gasteiger partial charge is 0.267 e. The molecular formula is C20H13F6N5O3S. The van der Waals surface area contributed by atoms with Crippen LogP contribution in [0.25, 0.3) is 22.4 Å². The van der Waals surface area contributed by atoms with Gasteiger partial charge in [0, 0.05) is 11.6 Å². The van der Waals surface area contributed by atoms with E-state index in [9.17, 15) is 39.6 Å². The summed E-state index contributed by atoms with van der Waals surface area (Å²) in [5.41, 5.74) is -3.23. The van der Waals surface area contributed by atoms with Crippen molar-refractivity contribution in [2.45, 2.75) is 24.2 Å². The number of sulfone groups is 1. The molecule has 4 rings (SSSR count). The molecule has 8 nitrogen and oxygen atoms in total. The minimum Gasteiger partial charge on any atom is -0.267 e. The van der Waals surface area contributed by atoms with E-state index < -0.39 is 55.5 Å². The number of hydrogen-bond donors (Lipinski definition) is 0. The topological polar surface area (TPSA) is 99.7 Å². The monoisotopic (exact) mass is 517 g/mol. The van der Waals surface area contributed by atoms with Gasteiger partial charge in [-0.3, -0.25) is 4.79 Å². The van der Waals surface area contributed by atoms with Crippen LogP contribution in [0.4, 0.5) is 26.3 Å². The van der Waals surface area contributed by atoms with Gasteiger partial charge in [-0.2, -0.15) is 41.2 Å². The van der Waals surface area contributed by atoms with Crippen LogP contribution in [0.5, 0.6) is 0 Å². The summed E-state index contributed by atoms with van der Waals surface area (Å²) in [5, 5.41) is 6.79. The normalized spacial score (nSPS) is 12.9. The zero-order valence-electron chi connectivity index (χ0n) is 17.5. The second-order valence-electron chi connectivity index (χ2n) is 7.20. The van der Waals surface area contributed by atoms with Gasteiger partial charge in [0.1, 0.15) is 4.90 Å². The average Bonchev–Trinajstić information content (AvgIpc) is 3.29. The number of aromatic nitrogens is 5. The Morgan fingerprint density at radius 3 is 2.29 bits per heavy atom. The Hall–Kier alpha value is -3.75. The number of alkyl halides is 6. The van der Waals surface area contributed by atoms with Crippen molar-refractivity contribution in [3.05, 3.63) is 70.4 Å². The van der Waals surface area contributed by atoms with Crippen molar-refractivity contribution >= 4 is 20.6 Å². The van der Waals surface area contributed by atoms with Crippen LogP contribution in [0.1, 0.15) is 18.2 Å². The van der Waals surface area contributed by atoms with Crippen molar-refractivity contribution < 1.29 is 34.8 Å². The van der Waals surface area contributed by atoms with Crippen LogP contribution < -0.4 is 5.56 Å². The number of nitrogens with zero attached hydrogens (tertiary/aromatic N) is 5. The SMILES string of the molecule is CCS(=O)(=O)c1ccc(-n2ccc(C(F)(F)F)n2)nc1-n1ncc2cc(C(F)(F)F)ccc2c1=O. The van der Waals surface area contributed by atoms with E-state index in [0.29, 0.717) is 22.9 Å². The lowest BCUT2D eigenvalue weighted by molar-refractivity contribution is -0.141. The van der Waals surface area contributed by atoms with E-state index in [1.807, 2.05) is 0 Å². The summed E-state index contributed by atoms with van der Waals surface area (Å²) in [6.07, 6.45) is -7.54. The van der Waals surface area contributed by atoms with Crippen LogP contribution in [0, 0.1) is 0 Å². The third kappa shape index (κ3) is 4.50. The molecule has 0 N–H and O–H groups in total. The van der Waals surface area contributed by atoms with Crippen LogP contribution in [0.15, 0.2) is 58.5 Å². The van der Waals surface area contributed by atoms with E-state index in [2.05, 4.69) is 15.2 Å². The van der Waals surface area contributed by atoms with Crippen molar-refractivity contribution in [3.63, 3.8) is 0 Å². The van der Waals surface area contributed by atoms with E-state index in [1.54, 1.807) is 0 Å². The first-order valence-electron chi connectivity index (χ1n) is 9.69. The minimum absolute atomic E-state index is 0.154. The first kappa shape index (κ1) is 24.4. The van der Waals surface area contributed by atoms with Crippen molar-refractivity contribution in [2.75, 3.05) is 5.75 Å². The Morgan fingerprint density at radius 1 is 0.971 bits per heavy atom. The van der Waals surface area contributed by atoms with Gasteiger partial charge in [-0.1, -0.05) is 6.92 Å². The highest BCUT2D eigenvalue weighted by Gasteiger charge is 2.34. The fourth-order valence-electron chi connectivity index (χ4n) is 3.18. The summed E-state index contributed by atoms with van der Waals surface area (Å²) < 4.78 is 104. The zero-order valence-corrected chi connectivity index (χ0v) is 18.3. The van der Waals surface area contributed by atoms with Crippen molar-refractivity contribution in [2.24, 2.45) is 0 Å². The molecule has 0 aliphatic rings. The third-order valence-electron chi connectivity index (χ3n) is 4.97. The molecule has 3 aromatic heterocycles. The number of fused-ring (bicyclic) bond motifs is 1. The zero-order chi connectivity index (χ0) is 25.8. The highest BCUT2D eigenvalue weighted by molar-refractivity contribution is 7.91. The van der Waals surface area contributed by atoms with Crippen LogP contribution in [-0.4, -0.2) is 38.7 Å². The van der Waals surface area contributed by atoms with Crippen LogP contribution in [0.2, 0.25) is 0 Å². The van der Waals surface area contributed by atoms with Crippen molar-refractivity contribution in [1.29, 1.82) is 0 Å². The molecule has 184 valence electrons. The Bertz CT molecular complexity index is 1610. The molecule has 0 spiro atoms. The van der Waals surface area contributed by atoms with Gasteiger partial charge in [-0.15, -0.1) is 0 Å². The maximum atomic E-state index is 13.1. The highest BCUT2D eigenvalue weighted by Crippen LogP contribution is 2.31. The molecule has 4 aromatic rings. The molecular weight excluding hydrogens is 504 g/mol. The number of hydrogen-bond acceptors (Lipinski definition) is 6. The molecule has 0 amide bonds. The molecule has 35 heavy (non-hydrogen) atoms. The summed E-state index contributed by atoms with van der Waals surface area (Å²) in [6, 6.07) is 5.13. The number of pyridine rings is 1. The molecule has 0 aliphatic carbocycles. The Balaban J connectivity index is 1.95. The van der Waals surface area contributed by atoms with Gasteiger partial charge in [0.05, 0.1) is 22.9 Å². The quantitative estimate of drug-likeness (QED) is 0.382. The van der Waals surface area contributed by atoms with Gasteiger partial charge < -0.3 is 0 Å². The summed E-state index contributed by atoms with van der Waals surface area (Å²) in [4.78, 5) is 16.6. The molecule has 0 fully saturated rings. The lowest BCUT2D eigenvalue weighted by Crippen LogP contribution is -2.25. The second-order valence-corrected chi connectivity index (χ2v) is 9.45. The Morgan fingerprint density at radius 2 is 1.69 bits per heavy atom. The summed E-state index contributed by atoms with van der Waals surface area (Å²) in [6.45, 7) is 1.32. The van der Waals surface area contributed by atoms with Crippen LogP contribution in [0.3, 0.4) is 0 Å². The summed E-state index contributed by atoms with van der Waals surface area (Å²) >= 11 is 0. The van der Waals surface area contributed by atoms with Gasteiger partial charge in [-0.05, 0) is 36.4 Å². The van der Waals surface area contributed by atoms with Crippen molar-refractivity contribution in [1.82, 2.24) is 24.5 Å². The van der Waals surface area contributed by atoms with Crippen LogP contribution in [-0.2, 0) is 22.2 Å². The predicted molar refractivity (Wildman–Crippen MR) is 110 cm³/mol. The van der Waals surface area contributed by atoms with Gasteiger partial charge in [0.25, 0.3) is 5.56 Å². The molecule has 0 unspecified atom stereocenters. The minimum atomic E-state index is -4.74. The second kappa shape index (κ2) is 8.18. The molecule has 0 radical (unpaired) electrons. The maximum absolute atomic E-state index is 13.1. The first-order valence-corrected chi connectivity index (χ1v) is 11.3. The summed E-state index contributed by atoms with van der Waals surface area (Å²) in [7, 11) is -4.01. The molecule has 1 aromatic carbocycles. The van der Waals surface area contributed by atoms with E-state index in [4.69, 9.17) is 0 Å². The molecule has 0 atom stereocenters. The predicted octanol–water partition coefficient (Wildman–Crippen LogP) is 3.80. The fourth-order valence-corrected chi connectivity index (χ4v) is 4.18. The molecule has 0 saturated carbocycles. The van der Waals surface area contributed by atoms with Gasteiger partial charge in [0.15, 0.2) is 27.2 Å². The molecule has 0 bridgehead atoms. The molecule has 15 heteroatoms. The first-order chi connectivity index (χ1) is 16.2. The van der Waals surface area contributed by atoms with Gasteiger partial charge in [-0.25, -0.2) is 18.1 Å². The van der Waals surface area contributed by atoms with Gasteiger partial charge >= 0.3 is 12.4 Å². The third-order valence-corrected chi connectivity index (χ3v) is 6.72. The van der Waals surface area contributed by atoms with E-state index in [-0.39, 0.29) is 16.6 Å². The standard InChI is InChI=1S/C20H13F6N5O3S/c1-2-35(33,34)14-5-6-16(30-8-7-15(29-30)20(24,25)26)28-17(14)31-18(32)13-4-3-12(19(21,22)23)9-11(13)10-27-31/h3-10H,2H2,1H3. The van der Waals surface area contributed by atoms with Crippen molar-refractivity contribution in [3.8, 4) is 11.6 Å². The number of halogens is 6. The average molecular weight is 517 g/mol. The Kier molecular flexibility index (Phi) is 5.70. The van der Waals surface area contributed by atoms with E-state index >= 15 is 0 Å². The lowest BCUT2D eigenvalue weighted by Gasteiger charge is -2.13. The molecule has 0 saturated heterocycles. The maximum Gasteiger partial charge on any atom is 0.435 e. The fraction of sp³-hybridized carbons (Fsp3) is 0.200. The van der Waals surface area contributed by atoms with E-state index in [0.717, 1.165) is 35.3 Å². The highest BCUT2D eigenvalue weighted by atomic mass is 32.2. The Labute approximate surface area is 192 Å². The molecule has 3 heterocycles. The van der Waals surface area contributed by atoms with Gasteiger partial charge in [0.2, 0.25) is 0 Å². The van der Waals surface area contributed by atoms with E-state index in [1.165, 1.54) is 6.92 Å². The number of rotatable bonds is 4.